The van der Waals surface area contributed by atoms with Gasteiger partial charge in [-0.3, -0.25) is 4.79 Å². The van der Waals surface area contributed by atoms with E-state index in [-0.39, 0.29) is 16.4 Å². The molecule has 0 fully saturated rings. The number of carbonyl (C=O) groups excluding carboxylic acids is 1. The molecule has 0 aliphatic carbocycles. The molecule has 1 heterocycles. The monoisotopic (exact) mass is 359 g/mol. The third kappa shape index (κ3) is 3.02. The van der Waals surface area contributed by atoms with Crippen LogP contribution in [0.3, 0.4) is 0 Å². The predicted octanol–water partition coefficient (Wildman–Crippen LogP) is 3.08. The van der Waals surface area contributed by atoms with Crippen LogP contribution in [0.25, 0.3) is 0 Å². The number of amides is 1. The number of anilines is 1. The summed E-state index contributed by atoms with van der Waals surface area (Å²) in [7, 11) is -1.93. The molecular formula is C19H21NO4S. The van der Waals surface area contributed by atoms with Crippen LogP contribution in [0, 0.1) is 0 Å². The maximum atomic E-state index is 13.1. The molecule has 1 aliphatic heterocycles. The summed E-state index contributed by atoms with van der Waals surface area (Å²) in [6.45, 7) is 3.76. The van der Waals surface area contributed by atoms with Crippen molar-refractivity contribution >= 4 is 21.4 Å². The number of hydrogen-bond donors (Lipinski definition) is 0. The van der Waals surface area contributed by atoms with Crippen molar-refractivity contribution in [3.05, 3.63) is 53.6 Å². The van der Waals surface area contributed by atoms with Gasteiger partial charge < -0.3 is 9.64 Å². The Labute approximate surface area is 148 Å². The molecule has 0 saturated heterocycles. The van der Waals surface area contributed by atoms with Gasteiger partial charge in [0.05, 0.1) is 22.8 Å². The van der Waals surface area contributed by atoms with Gasteiger partial charge in [-0.2, -0.15) is 0 Å². The highest BCUT2D eigenvalue weighted by molar-refractivity contribution is 7.92. The van der Waals surface area contributed by atoms with Crippen LogP contribution in [-0.4, -0.2) is 33.2 Å². The Morgan fingerprint density at radius 3 is 2.56 bits per heavy atom. The molecule has 0 unspecified atom stereocenters. The lowest BCUT2D eigenvalue weighted by Crippen LogP contribution is -2.31. The topological polar surface area (TPSA) is 63.7 Å². The maximum absolute atomic E-state index is 13.1. The van der Waals surface area contributed by atoms with E-state index in [0.717, 1.165) is 23.4 Å². The molecule has 25 heavy (non-hydrogen) atoms. The molecule has 0 radical (unpaired) electrons. The Hall–Kier alpha value is -2.34. The lowest BCUT2D eigenvalue weighted by atomic mass is 10.1. The Morgan fingerprint density at radius 1 is 1.16 bits per heavy atom. The molecule has 0 spiro atoms. The molecule has 2 aromatic rings. The average molecular weight is 359 g/mol. The van der Waals surface area contributed by atoms with Crippen LogP contribution >= 0.6 is 0 Å². The summed E-state index contributed by atoms with van der Waals surface area (Å²) in [4.78, 5) is 14.8. The standard InChI is InChI=1S/C19H21NO4S/c1-13(2)25(22,23)18-7-5-4-6-16(18)19(21)20-11-10-14-12-15(24-3)8-9-17(14)20/h4-9,12-13H,10-11H2,1-3H3. The first-order chi connectivity index (χ1) is 11.9. The molecule has 0 saturated carbocycles. The number of hydrogen-bond acceptors (Lipinski definition) is 4. The van der Waals surface area contributed by atoms with Gasteiger partial charge in [-0.05, 0) is 56.2 Å². The molecule has 132 valence electrons. The van der Waals surface area contributed by atoms with Gasteiger partial charge in [0.15, 0.2) is 9.84 Å². The quantitative estimate of drug-likeness (QED) is 0.842. The zero-order chi connectivity index (χ0) is 18.2. The highest BCUT2D eigenvalue weighted by atomic mass is 32.2. The smallest absolute Gasteiger partial charge is 0.259 e. The SMILES string of the molecule is COc1ccc2c(c1)CCN2C(=O)c1ccccc1S(=O)(=O)C(C)C. The van der Waals surface area contributed by atoms with E-state index in [9.17, 15) is 13.2 Å². The van der Waals surface area contributed by atoms with Gasteiger partial charge in [0.25, 0.3) is 5.91 Å². The Morgan fingerprint density at radius 2 is 1.88 bits per heavy atom. The minimum Gasteiger partial charge on any atom is -0.497 e. The fourth-order valence-electron chi connectivity index (χ4n) is 3.01. The number of fused-ring (bicyclic) bond motifs is 1. The predicted molar refractivity (Wildman–Crippen MR) is 97.1 cm³/mol. The lowest BCUT2D eigenvalue weighted by Gasteiger charge is -2.20. The van der Waals surface area contributed by atoms with Crippen molar-refractivity contribution in [2.45, 2.75) is 30.4 Å². The molecule has 0 atom stereocenters. The molecule has 5 nitrogen and oxygen atoms in total. The number of sulfone groups is 1. The van der Waals surface area contributed by atoms with Gasteiger partial charge in [-0.15, -0.1) is 0 Å². The molecule has 0 aromatic heterocycles. The minimum atomic E-state index is -3.54. The third-order valence-corrected chi connectivity index (χ3v) is 6.68. The van der Waals surface area contributed by atoms with Gasteiger partial charge in [0.1, 0.15) is 5.75 Å². The first kappa shape index (κ1) is 17.5. The van der Waals surface area contributed by atoms with Crippen molar-refractivity contribution < 1.29 is 17.9 Å². The number of benzene rings is 2. The minimum absolute atomic E-state index is 0.0944. The van der Waals surface area contributed by atoms with E-state index in [1.165, 1.54) is 6.07 Å². The second kappa shape index (κ2) is 6.52. The van der Waals surface area contributed by atoms with Crippen LogP contribution in [0.15, 0.2) is 47.4 Å². The van der Waals surface area contributed by atoms with E-state index >= 15 is 0 Å². The maximum Gasteiger partial charge on any atom is 0.259 e. The summed E-state index contributed by atoms with van der Waals surface area (Å²) >= 11 is 0. The van der Waals surface area contributed by atoms with E-state index < -0.39 is 15.1 Å². The van der Waals surface area contributed by atoms with Crippen LogP contribution in [0.2, 0.25) is 0 Å². The van der Waals surface area contributed by atoms with Crippen molar-refractivity contribution in [3.8, 4) is 5.75 Å². The van der Waals surface area contributed by atoms with Crippen LogP contribution in [-0.2, 0) is 16.3 Å². The van der Waals surface area contributed by atoms with Crippen molar-refractivity contribution in [2.75, 3.05) is 18.6 Å². The summed E-state index contributed by atoms with van der Waals surface area (Å²) in [6, 6.07) is 12.0. The van der Waals surface area contributed by atoms with Gasteiger partial charge in [0, 0.05) is 12.2 Å². The van der Waals surface area contributed by atoms with Crippen molar-refractivity contribution in [3.63, 3.8) is 0 Å². The van der Waals surface area contributed by atoms with Gasteiger partial charge >= 0.3 is 0 Å². The Kier molecular flexibility index (Phi) is 4.56. The van der Waals surface area contributed by atoms with Gasteiger partial charge in [-0.1, -0.05) is 12.1 Å². The van der Waals surface area contributed by atoms with E-state index in [1.807, 2.05) is 12.1 Å². The first-order valence-corrected chi connectivity index (χ1v) is 9.72. The second-order valence-corrected chi connectivity index (χ2v) is 8.76. The normalized spacial score (nSPS) is 13.8. The van der Waals surface area contributed by atoms with Crippen molar-refractivity contribution in [2.24, 2.45) is 0 Å². The summed E-state index contributed by atoms with van der Waals surface area (Å²) in [5.41, 5.74) is 2.05. The first-order valence-electron chi connectivity index (χ1n) is 8.18. The average Bonchev–Trinajstić information content (AvgIpc) is 3.03. The Bertz CT molecular complexity index is 919. The lowest BCUT2D eigenvalue weighted by molar-refractivity contribution is 0.0986. The molecule has 3 rings (SSSR count). The molecule has 1 aliphatic rings. The molecule has 2 aromatic carbocycles. The second-order valence-electron chi connectivity index (χ2n) is 6.29. The number of ether oxygens (including phenoxy) is 1. The van der Waals surface area contributed by atoms with E-state index in [4.69, 9.17) is 4.74 Å². The summed E-state index contributed by atoms with van der Waals surface area (Å²) in [5.74, 6) is 0.458. The fourth-order valence-corrected chi connectivity index (χ4v) is 4.24. The third-order valence-electron chi connectivity index (χ3n) is 4.47. The molecule has 0 bridgehead atoms. The summed E-state index contributed by atoms with van der Waals surface area (Å²) in [6.07, 6.45) is 0.720. The van der Waals surface area contributed by atoms with Crippen LogP contribution in [0.4, 0.5) is 5.69 Å². The highest BCUT2D eigenvalue weighted by Crippen LogP contribution is 2.33. The highest BCUT2D eigenvalue weighted by Gasteiger charge is 2.31. The van der Waals surface area contributed by atoms with Crippen molar-refractivity contribution in [1.82, 2.24) is 0 Å². The van der Waals surface area contributed by atoms with E-state index in [2.05, 4.69) is 0 Å². The number of methoxy groups -OCH3 is 1. The number of nitrogens with zero attached hydrogens (tertiary/aromatic N) is 1. The van der Waals surface area contributed by atoms with Gasteiger partial charge in [-0.25, -0.2) is 8.42 Å². The van der Waals surface area contributed by atoms with Crippen LogP contribution < -0.4 is 9.64 Å². The van der Waals surface area contributed by atoms with Gasteiger partial charge in [0.2, 0.25) is 0 Å². The zero-order valence-electron chi connectivity index (χ0n) is 14.5. The molecular weight excluding hydrogens is 338 g/mol. The summed E-state index contributed by atoms with van der Waals surface area (Å²) in [5, 5.41) is -0.587. The van der Waals surface area contributed by atoms with E-state index in [0.29, 0.717) is 6.54 Å². The Balaban J connectivity index is 2.03. The van der Waals surface area contributed by atoms with E-state index in [1.54, 1.807) is 50.1 Å². The van der Waals surface area contributed by atoms with Crippen LogP contribution in [0.1, 0.15) is 29.8 Å². The number of carbonyl (C=O) groups is 1. The van der Waals surface area contributed by atoms with Crippen molar-refractivity contribution in [1.29, 1.82) is 0 Å². The summed E-state index contributed by atoms with van der Waals surface area (Å²) < 4.78 is 30.5. The largest absolute Gasteiger partial charge is 0.497 e. The van der Waals surface area contributed by atoms with Crippen LogP contribution in [0.5, 0.6) is 5.75 Å². The zero-order valence-corrected chi connectivity index (χ0v) is 15.3. The fraction of sp³-hybridized carbons (Fsp3) is 0.316. The molecule has 0 N–H and O–H groups in total. The molecule has 1 amide bonds. The number of rotatable bonds is 4. The molecule has 6 heteroatoms.